The van der Waals surface area contributed by atoms with Gasteiger partial charge in [0.05, 0.1) is 25.4 Å². The van der Waals surface area contributed by atoms with Gasteiger partial charge in [-0.05, 0) is 32.1 Å². The molecule has 0 aliphatic carbocycles. The number of amides is 1. The minimum Gasteiger partial charge on any atom is -0.394 e. The number of aliphatic hydroxyl groups is 5. The molecule has 0 saturated carbocycles. The van der Waals surface area contributed by atoms with Crippen LogP contribution < -0.4 is 5.32 Å². The van der Waals surface area contributed by atoms with Crippen LogP contribution in [0.25, 0.3) is 0 Å². The molecule has 0 aromatic carbocycles. The maximum Gasteiger partial charge on any atom is 0.220 e. The van der Waals surface area contributed by atoms with Crippen LogP contribution in [0.1, 0.15) is 174 Å². The number of allylic oxidation sites excluding steroid dienone is 3. The number of nitrogens with one attached hydrogen (secondary N) is 1. The molecule has 9 heteroatoms. The highest BCUT2D eigenvalue weighted by Crippen LogP contribution is 2.22. The number of ether oxygens (including phenoxy) is 2. The lowest BCUT2D eigenvalue weighted by Gasteiger charge is -2.40. The summed E-state index contributed by atoms with van der Waals surface area (Å²) in [5, 5.41) is 53.9. The fourth-order valence-electron chi connectivity index (χ4n) is 6.41. The van der Waals surface area contributed by atoms with Crippen molar-refractivity contribution in [3.05, 3.63) is 24.3 Å². The van der Waals surface area contributed by atoms with Crippen LogP contribution in [0.3, 0.4) is 0 Å². The average Bonchev–Trinajstić information content (AvgIpc) is 3.11. The second-order valence-electron chi connectivity index (χ2n) is 14.4. The Balaban J connectivity index is 2.45. The minimum absolute atomic E-state index is 0.188. The molecule has 1 aliphatic rings. The Kier molecular flexibility index (Phi) is 30.2. The van der Waals surface area contributed by atoms with Crippen LogP contribution in [0.5, 0.6) is 0 Å². The van der Waals surface area contributed by atoms with Gasteiger partial charge in [-0.15, -0.1) is 0 Å². The summed E-state index contributed by atoms with van der Waals surface area (Å²) >= 11 is 0. The first-order valence-corrected chi connectivity index (χ1v) is 20.6. The summed E-state index contributed by atoms with van der Waals surface area (Å²) in [5.41, 5.74) is 0. The Morgan fingerprint density at radius 3 is 1.68 bits per heavy atom. The third-order valence-corrected chi connectivity index (χ3v) is 9.78. The van der Waals surface area contributed by atoms with Crippen molar-refractivity contribution in [1.29, 1.82) is 0 Å². The summed E-state index contributed by atoms with van der Waals surface area (Å²) in [4.78, 5) is 12.9. The normalized spacial score (nSPS) is 22.4. The van der Waals surface area contributed by atoms with Gasteiger partial charge >= 0.3 is 0 Å². The monoisotopic (exact) mass is 712 g/mol. The Labute approximate surface area is 305 Å². The third-order valence-electron chi connectivity index (χ3n) is 9.78. The topological polar surface area (TPSA) is 149 Å². The van der Waals surface area contributed by atoms with E-state index in [1.807, 2.05) is 6.08 Å². The molecule has 1 saturated heterocycles. The van der Waals surface area contributed by atoms with Gasteiger partial charge in [0, 0.05) is 6.42 Å². The molecule has 294 valence electrons. The van der Waals surface area contributed by atoms with Gasteiger partial charge in [0.25, 0.3) is 0 Å². The van der Waals surface area contributed by atoms with Crippen molar-refractivity contribution in [3.63, 3.8) is 0 Å². The number of hydrogen-bond acceptors (Lipinski definition) is 8. The molecule has 50 heavy (non-hydrogen) atoms. The van der Waals surface area contributed by atoms with E-state index in [2.05, 4.69) is 31.3 Å². The zero-order valence-electron chi connectivity index (χ0n) is 31.9. The van der Waals surface area contributed by atoms with Crippen LogP contribution in [0.15, 0.2) is 24.3 Å². The zero-order chi connectivity index (χ0) is 36.7. The maximum absolute atomic E-state index is 12.9. The molecule has 1 rings (SSSR count). The van der Waals surface area contributed by atoms with Gasteiger partial charge in [0.1, 0.15) is 24.4 Å². The van der Waals surface area contributed by atoms with E-state index in [9.17, 15) is 30.3 Å². The molecule has 0 aromatic heterocycles. The van der Waals surface area contributed by atoms with E-state index in [-0.39, 0.29) is 12.5 Å². The fraction of sp³-hybridized carbons (Fsp3) is 0.878. The van der Waals surface area contributed by atoms with Crippen LogP contribution in [0, 0.1) is 0 Å². The van der Waals surface area contributed by atoms with E-state index in [0.717, 1.165) is 38.5 Å². The van der Waals surface area contributed by atoms with Gasteiger partial charge in [-0.2, -0.15) is 0 Å². The highest BCUT2D eigenvalue weighted by Gasteiger charge is 2.44. The highest BCUT2D eigenvalue weighted by molar-refractivity contribution is 5.76. The molecule has 7 unspecified atom stereocenters. The summed E-state index contributed by atoms with van der Waals surface area (Å²) in [6.45, 7) is 3.73. The summed E-state index contributed by atoms with van der Waals surface area (Å²) in [6, 6.07) is -0.814. The van der Waals surface area contributed by atoms with Gasteiger partial charge in [0.15, 0.2) is 6.29 Å². The van der Waals surface area contributed by atoms with Gasteiger partial charge < -0.3 is 40.3 Å². The predicted octanol–water partition coefficient (Wildman–Crippen LogP) is 7.55. The third kappa shape index (κ3) is 23.3. The summed E-state index contributed by atoms with van der Waals surface area (Å²) in [5.74, 6) is -0.188. The van der Waals surface area contributed by atoms with Crippen LogP contribution in [-0.4, -0.2) is 87.5 Å². The molecule has 0 aromatic rings. The molecule has 6 N–H and O–H groups in total. The molecule has 1 aliphatic heterocycles. The SMILES string of the molecule is CCCCCCCCCC/C=C/CC/C=C/C(O)C(COC1OC(CO)C(O)C(O)C1O)NC(=O)CCCCCCCCCCCCCCC. The molecule has 1 fully saturated rings. The summed E-state index contributed by atoms with van der Waals surface area (Å²) in [6.07, 6.45) is 29.3. The quantitative estimate of drug-likeness (QED) is 0.0302. The number of unbranched alkanes of at least 4 members (excludes halogenated alkanes) is 21. The van der Waals surface area contributed by atoms with Gasteiger partial charge in [-0.25, -0.2) is 0 Å². The van der Waals surface area contributed by atoms with Crippen molar-refractivity contribution in [3.8, 4) is 0 Å². The summed E-state index contributed by atoms with van der Waals surface area (Å²) < 4.78 is 11.2. The van der Waals surface area contributed by atoms with E-state index in [1.165, 1.54) is 116 Å². The van der Waals surface area contributed by atoms with Crippen molar-refractivity contribution in [1.82, 2.24) is 5.32 Å². The Morgan fingerprint density at radius 1 is 0.660 bits per heavy atom. The van der Waals surface area contributed by atoms with Gasteiger partial charge in [-0.1, -0.05) is 160 Å². The molecule has 0 radical (unpaired) electrons. The Morgan fingerprint density at radius 2 is 1.14 bits per heavy atom. The average molecular weight is 712 g/mol. The first-order chi connectivity index (χ1) is 24.3. The molecule has 0 bridgehead atoms. The molecule has 1 heterocycles. The van der Waals surface area contributed by atoms with Crippen LogP contribution >= 0.6 is 0 Å². The molecular weight excluding hydrogens is 634 g/mol. The smallest absolute Gasteiger partial charge is 0.220 e. The summed E-state index contributed by atoms with van der Waals surface area (Å²) in [7, 11) is 0. The van der Waals surface area contributed by atoms with E-state index in [1.54, 1.807) is 6.08 Å². The van der Waals surface area contributed by atoms with Gasteiger partial charge in [-0.3, -0.25) is 4.79 Å². The molecule has 7 atom stereocenters. The number of aliphatic hydroxyl groups excluding tert-OH is 5. The van der Waals surface area contributed by atoms with Crippen molar-refractivity contribution in [2.24, 2.45) is 0 Å². The minimum atomic E-state index is -1.57. The van der Waals surface area contributed by atoms with Gasteiger partial charge in [0.2, 0.25) is 5.91 Å². The van der Waals surface area contributed by atoms with Crippen LogP contribution in [-0.2, 0) is 14.3 Å². The number of rotatable bonds is 33. The highest BCUT2D eigenvalue weighted by atomic mass is 16.7. The lowest BCUT2D eigenvalue weighted by Crippen LogP contribution is -2.60. The molecule has 9 nitrogen and oxygen atoms in total. The molecular formula is C41H77NO8. The standard InChI is InChI=1S/C41H77NO8/c1-3-5-7-9-11-13-15-17-19-20-22-24-26-28-30-35(44)34(33-49-41-40(48)39(47)38(46)36(32-43)50-41)42-37(45)31-29-27-25-23-21-18-16-14-12-10-8-6-4-2/h20,22,28,30,34-36,38-41,43-44,46-48H,3-19,21,23-27,29,31-33H2,1-2H3,(H,42,45)/b22-20+,30-28+. The van der Waals surface area contributed by atoms with Crippen molar-refractivity contribution >= 4 is 5.91 Å². The first-order valence-electron chi connectivity index (χ1n) is 20.6. The van der Waals surface area contributed by atoms with E-state index in [4.69, 9.17) is 9.47 Å². The maximum atomic E-state index is 12.9. The molecule has 0 spiro atoms. The largest absolute Gasteiger partial charge is 0.394 e. The first kappa shape index (κ1) is 46.7. The van der Waals surface area contributed by atoms with Crippen LogP contribution in [0.4, 0.5) is 0 Å². The second-order valence-corrected chi connectivity index (χ2v) is 14.4. The number of carbonyl (C=O) groups excluding carboxylic acids is 1. The van der Waals surface area contributed by atoms with E-state index in [0.29, 0.717) is 6.42 Å². The number of carbonyl (C=O) groups is 1. The fourth-order valence-corrected chi connectivity index (χ4v) is 6.41. The lowest BCUT2D eigenvalue weighted by atomic mass is 9.99. The number of hydrogen-bond donors (Lipinski definition) is 6. The Bertz CT molecular complexity index is 837. The van der Waals surface area contributed by atoms with Crippen LogP contribution in [0.2, 0.25) is 0 Å². The predicted molar refractivity (Wildman–Crippen MR) is 203 cm³/mol. The Hall–Kier alpha value is -1.33. The van der Waals surface area contributed by atoms with Crippen molar-refractivity contribution in [2.45, 2.75) is 217 Å². The van der Waals surface area contributed by atoms with E-state index >= 15 is 0 Å². The zero-order valence-corrected chi connectivity index (χ0v) is 31.9. The van der Waals surface area contributed by atoms with Crippen molar-refractivity contribution < 1.29 is 39.8 Å². The second kappa shape index (κ2) is 32.3. The van der Waals surface area contributed by atoms with Crippen molar-refractivity contribution in [2.75, 3.05) is 13.2 Å². The lowest BCUT2D eigenvalue weighted by molar-refractivity contribution is -0.302. The van der Waals surface area contributed by atoms with E-state index < -0.39 is 49.5 Å². The molecule has 1 amide bonds.